The molecule has 1 N–H and O–H groups in total. The minimum absolute atomic E-state index is 0.197. The normalized spacial score (nSPS) is 18.3. The summed E-state index contributed by atoms with van der Waals surface area (Å²) >= 11 is 5.64. The lowest BCUT2D eigenvalue weighted by Gasteiger charge is -2.40. The Labute approximate surface area is 195 Å². The number of hydrogen-bond donors (Lipinski definition) is 1. The summed E-state index contributed by atoms with van der Waals surface area (Å²) in [5.74, 6) is 1.56. The smallest absolute Gasteiger partial charge is 0.173 e. The van der Waals surface area contributed by atoms with E-state index in [4.69, 9.17) is 21.7 Å². The molecule has 168 valence electrons. The molecule has 1 aliphatic carbocycles. The highest BCUT2D eigenvalue weighted by Gasteiger charge is 2.36. The van der Waals surface area contributed by atoms with Gasteiger partial charge < -0.3 is 19.7 Å². The number of Topliss-reactive ketones (excluding diaryl/α,β-unsaturated/α-hetero) is 1. The lowest BCUT2D eigenvalue weighted by Crippen LogP contribution is -2.49. The summed E-state index contributed by atoms with van der Waals surface area (Å²) in [5.41, 5.74) is 5.19. The van der Waals surface area contributed by atoms with Crippen LogP contribution in [0, 0.1) is 6.92 Å². The van der Waals surface area contributed by atoms with E-state index in [1.807, 2.05) is 37.3 Å². The predicted molar refractivity (Wildman–Crippen MR) is 130 cm³/mol. The van der Waals surface area contributed by atoms with Gasteiger partial charge >= 0.3 is 0 Å². The van der Waals surface area contributed by atoms with Gasteiger partial charge in [0.1, 0.15) is 6.61 Å². The lowest BCUT2D eigenvalue weighted by molar-refractivity contribution is -0.116. The molecule has 0 radical (unpaired) electrons. The Hall–Kier alpha value is -2.86. The van der Waals surface area contributed by atoms with Gasteiger partial charge in [0.05, 0.1) is 12.6 Å². The molecule has 0 bridgehead atoms. The first-order valence-corrected chi connectivity index (χ1v) is 11.7. The van der Waals surface area contributed by atoms with Crippen LogP contribution in [0.25, 0.3) is 0 Å². The van der Waals surface area contributed by atoms with Gasteiger partial charge in [0.15, 0.2) is 22.4 Å². The van der Waals surface area contributed by atoms with Crippen molar-refractivity contribution in [3.8, 4) is 11.5 Å². The number of carbonyl (C=O) groups excluding carboxylic acids is 1. The first-order valence-electron chi connectivity index (χ1n) is 11.3. The van der Waals surface area contributed by atoms with Crippen molar-refractivity contribution in [2.45, 2.75) is 52.7 Å². The number of rotatable bonds is 7. The number of hydrogen-bond acceptors (Lipinski definition) is 4. The van der Waals surface area contributed by atoms with E-state index in [1.54, 1.807) is 0 Å². The largest absolute Gasteiger partial charge is 0.490 e. The maximum atomic E-state index is 12.9. The number of carbonyl (C=O) groups is 1. The third-order valence-corrected chi connectivity index (χ3v) is 6.46. The standard InChI is InChI=1S/C26H30N2O3S/c1-4-28-20-11-8-12-21(29)24(20)25(27-26(28)32)18-13-14-22(23(15-18)30-5-2)31-16-19-10-7-6-9-17(19)3/h6-7,9-10,13-15,25H,4-5,8,11-12,16H2,1-3H3,(H,27,32). The number of allylic oxidation sites excluding steroid dienone is 1. The highest BCUT2D eigenvalue weighted by Crippen LogP contribution is 2.40. The first-order chi connectivity index (χ1) is 15.5. The van der Waals surface area contributed by atoms with Crippen LogP contribution in [-0.2, 0) is 11.4 Å². The number of aryl methyl sites for hydroxylation is 1. The summed E-state index contributed by atoms with van der Waals surface area (Å²) in [6.45, 7) is 7.84. The summed E-state index contributed by atoms with van der Waals surface area (Å²) in [7, 11) is 0. The molecule has 1 atom stereocenters. The van der Waals surface area contributed by atoms with Gasteiger partial charge in [0.2, 0.25) is 0 Å². The minimum Gasteiger partial charge on any atom is -0.490 e. The SMILES string of the molecule is CCOc1cc(C2NC(=S)N(CC)C3=C2C(=O)CCC3)ccc1OCc1ccccc1C. The Morgan fingerprint density at radius 3 is 2.66 bits per heavy atom. The lowest BCUT2D eigenvalue weighted by atomic mass is 9.84. The Bertz CT molecular complexity index is 1060. The fourth-order valence-electron chi connectivity index (χ4n) is 4.45. The molecule has 5 nitrogen and oxygen atoms in total. The molecule has 2 aromatic rings. The summed E-state index contributed by atoms with van der Waals surface area (Å²) in [5, 5.41) is 4.07. The van der Waals surface area contributed by atoms with Crippen molar-refractivity contribution in [2.24, 2.45) is 0 Å². The average Bonchev–Trinajstić information content (AvgIpc) is 2.79. The molecule has 0 aromatic heterocycles. The van der Waals surface area contributed by atoms with Gasteiger partial charge in [-0.2, -0.15) is 0 Å². The maximum Gasteiger partial charge on any atom is 0.173 e. The molecule has 1 unspecified atom stereocenters. The number of nitrogens with one attached hydrogen (secondary N) is 1. The number of ketones is 1. The molecular formula is C26H30N2O3S. The fraction of sp³-hybridized carbons (Fsp3) is 0.385. The van der Waals surface area contributed by atoms with Crippen LogP contribution >= 0.6 is 12.2 Å². The van der Waals surface area contributed by atoms with Crippen molar-refractivity contribution in [1.82, 2.24) is 10.2 Å². The molecule has 6 heteroatoms. The van der Waals surface area contributed by atoms with Crippen LogP contribution in [0.15, 0.2) is 53.7 Å². The van der Waals surface area contributed by atoms with Crippen molar-refractivity contribution >= 4 is 23.1 Å². The van der Waals surface area contributed by atoms with Crippen LogP contribution in [0.3, 0.4) is 0 Å². The third-order valence-electron chi connectivity index (χ3n) is 6.12. The van der Waals surface area contributed by atoms with Crippen molar-refractivity contribution in [3.63, 3.8) is 0 Å². The Balaban J connectivity index is 1.66. The van der Waals surface area contributed by atoms with Crippen LogP contribution in [-0.4, -0.2) is 28.9 Å². The highest BCUT2D eigenvalue weighted by molar-refractivity contribution is 7.80. The van der Waals surface area contributed by atoms with E-state index >= 15 is 0 Å². The zero-order valence-corrected chi connectivity index (χ0v) is 19.8. The minimum atomic E-state index is -0.266. The molecular weight excluding hydrogens is 420 g/mol. The zero-order chi connectivity index (χ0) is 22.7. The van der Waals surface area contributed by atoms with Crippen LogP contribution in [0.2, 0.25) is 0 Å². The van der Waals surface area contributed by atoms with Crippen molar-refractivity contribution in [1.29, 1.82) is 0 Å². The van der Waals surface area contributed by atoms with Crippen molar-refractivity contribution in [3.05, 3.63) is 70.4 Å². The Kier molecular flexibility index (Phi) is 6.80. The van der Waals surface area contributed by atoms with Crippen molar-refractivity contribution in [2.75, 3.05) is 13.2 Å². The molecule has 0 fully saturated rings. The van der Waals surface area contributed by atoms with Gasteiger partial charge in [0.25, 0.3) is 0 Å². The fourth-order valence-corrected chi connectivity index (χ4v) is 4.81. The van der Waals surface area contributed by atoms with Crippen molar-refractivity contribution < 1.29 is 14.3 Å². The Morgan fingerprint density at radius 1 is 1.09 bits per heavy atom. The number of nitrogens with zero attached hydrogens (tertiary/aromatic N) is 1. The maximum absolute atomic E-state index is 12.9. The number of thiocarbonyl (C=S) groups is 1. The molecule has 1 aliphatic heterocycles. The van der Waals surface area contributed by atoms with E-state index in [9.17, 15) is 4.79 Å². The monoisotopic (exact) mass is 450 g/mol. The summed E-state index contributed by atoms with van der Waals surface area (Å²) < 4.78 is 12.0. The van der Waals surface area contributed by atoms with E-state index in [0.717, 1.165) is 41.8 Å². The number of ether oxygens (including phenoxy) is 2. The molecule has 4 rings (SSSR count). The van der Waals surface area contributed by atoms with Gasteiger partial charge in [-0.15, -0.1) is 0 Å². The van der Waals surface area contributed by atoms with Crippen LogP contribution < -0.4 is 14.8 Å². The average molecular weight is 451 g/mol. The summed E-state index contributed by atoms with van der Waals surface area (Å²) in [6, 6.07) is 13.8. The zero-order valence-electron chi connectivity index (χ0n) is 18.9. The van der Waals surface area contributed by atoms with Crippen LogP contribution in [0.4, 0.5) is 0 Å². The molecule has 32 heavy (non-hydrogen) atoms. The van der Waals surface area contributed by atoms with Gasteiger partial charge in [-0.1, -0.05) is 30.3 Å². The molecule has 0 saturated heterocycles. The topological polar surface area (TPSA) is 50.8 Å². The van der Waals surface area contributed by atoms with Crippen LogP contribution in [0.1, 0.15) is 55.8 Å². The van der Waals surface area contributed by atoms with Crippen LogP contribution in [0.5, 0.6) is 11.5 Å². The molecule has 0 spiro atoms. The van der Waals surface area contributed by atoms with E-state index in [0.29, 0.717) is 36.2 Å². The van der Waals surface area contributed by atoms with Gasteiger partial charge in [0, 0.05) is 24.2 Å². The van der Waals surface area contributed by atoms with Gasteiger partial charge in [-0.3, -0.25) is 4.79 Å². The second-order valence-corrected chi connectivity index (χ2v) is 8.50. The second kappa shape index (κ2) is 9.74. The van der Waals surface area contributed by atoms with E-state index < -0.39 is 0 Å². The molecule has 1 heterocycles. The molecule has 2 aliphatic rings. The van der Waals surface area contributed by atoms with E-state index in [2.05, 4.69) is 36.2 Å². The number of benzene rings is 2. The first kappa shape index (κ1) is 22.3. The summed E-state index contributed by atoms with van der Waals surface area (Å²) in [4.78, 5) is 15.0. The molecule has 0 saturated carbocycles. The van der Waals surface area contributed by atoms with Gasteiger partial charge in [-0.25, -0.2) is 0 Å². The molecule has 0 amide bonds. The van der Waals surface area contributed by atoms with E-state index in [1.165, 1.54) is 5.56 Å². The molecule has 2 aromatic carbocycles. The van der Waals surface area contributed by atoms with Gasteiger partial charge in [-0.05, 0) is 74.7 Å². The Morgan fingerprint density at radius 2 is 1.91 bits per heavy atom. The van der Waals surface area contributed by atoms with E-state index in [-0.39, 0.29) is 11.8 Å². The third kappa shape index (κ3) is 4.37. The summed E-state index contributed by atoms with van der Waals surface area (Å²) in [6.07, 6.45) is 2.33. The second-order valence-electron chi connectivity index (χ2n) is 8.12. The predicted octanol–water partition coefficient (Wildman–Crippen LogP) is 5.23. The quantitative estimate of drug-likeness (QED) is 0.583. The highest BCUT2D eigenvalue weighted by atomic mass is 32.1.